The zero-order valence-corrected chi connectivity index (χ0v) is 13.3. The first kappa shape index (κ1) is 18.1. The van der Waals surface area contributed by atoms with Crippen molar-refractivity contribution in [1.82, 2.24) is 0 Å². The number of anilines is 1. The smallest absolute Gasteiger partial charge is 0.340 e. The Bertz CT molecular complexity index is 778. The van der Waals surface area contributed by atoms with Gasteiger partial charge in [0, 0.05) is 6.07 Å². The SMILES string of the molecule is C[C@H](OC(=O)[C@@H](O)c1ccccc1)C(=O)Nc1ccccc1[N+](=O)[O-]. The molecule has 0 fully saturated rings. The first-order chi connectivity index (χ1) is 11.9. The highest BCUT2D eigenvalue weighted by Crippen LogP contribution is 2.23. The van der Waals surface area contributed by atoms with Crippen LogP contribution in [-0.4, -0.2) is 28.0 Å². The molecule has 2 aromatic rings. The molecular weight excluding hydrogens is 328 g/mol. The van der Waals surface area contributed by atoms with E-state index in [-0.39, 0.29) is 11.4 Å². The number of nitro benzene ring substituents is 1. The molecule has 0 aliphatic heterocycles. The number of nitrogens with zero attached hydrogens (tertiary/aromatic N) is 1. The van der Waals surface area contributed by atoms with Gasteiger partial charge in [-0.05, 0) is 18.6 Å². The monoisotopic (exact) mass is 344 g/mol. The number of benzene rings is 2. The lowest BCUT2D eigenvalue weighted by Gasteiger charge is -2.16. The quantitative estimate of drug-likeness (QED) is 0.471. The minimum absolute atomic E-state index is 0.0102. The molecule has 25 heavy (non-hydrogen) atoms. The number of carbonyl (C=O) groups is 2. The summed E-state index contributed by atoms with van der Waals surface area (Å²) < 4.78 is 4.93. The minimum atomic E-state index is -1.53. The third kappa shape index (κ3) is 4.61. The van der Waals surface area contributed by atoms with E-state index in [1.54, 1.807) is 30.3 Å². The molecule has 0 saturated heterocycles. The van der Waals surface area contributed by atoms with Gasteiger partial charge in [-0.15, -0.1) is 0 Å². The van der Waals surface area contributed by atoms with E-state index in [9.17, 15) is 24.8 Å². The van der Waals surface area contributed by atoms with Gasteiger partial charge in [-0.1, -0.05) is 42.5 Å². The van der Waals surface area contributed by atoms with Crippen LogP contribution in [0.5, 0.6) is 0 Å². The van der Waals surface area contributed by atoms with Crippen LogP contribution in [0.2, 0.25) is 0 Å². The molecule has 0 aliphatic carbocycles. The zero-order chi connectivity index (χ0) is 18.4. The number of amides is 1. The van der Waals surface area contributed by atoms with Gasteiger partial charge in [-0.25, -0.2) is 4.79 Å². The van der Waals surface area contributed by atoms with E-state index < -0.39 is 29.0 Å². The van der Waals surface area contributed by atoms with Gasteiger partial charge in [-0.3, -0.25) is 14.9 Å². The summed E-state index contributed by atoms with van der Waals surface area (Å²) >= 11 is 0. The zero-order valence-electron chi connectivity index (χ0n) is 13.3. The second-order valence-electron chi connectivity index (χ2n) is 5.16. The molecule has 0 aromatic heterocycles. The average Bonchev–Trinajstić information content (AvgIpc) is 2.61. The largest absolute Gasteiger partial charge is 0.450 e. The van der Waals surface area contributed by atoms with E-state index in [2.05, 4.69) is 5.32 Å². The third-order valence-corrected chi connectivity index (χ3v) is 3.36. The number of hydrogen-bond acceptors (Lipinski definition) is 6. The van der Waals surface area contributed by atoms with Gasteiger partial charge in [0.25, 0.3) is 11.6 Å². The Hall–Kier alpha value is -3.26. The number of para-hydroxylation sites is 2. The third-order valence-electron chi connectivity index (χ3n) is 3.36. The van der Waals surface area contributed by atoms with Crippen LogP contribution in [-0.2, 0) is 14.3 Å². The predicted octanol–water partition coefficient (Wildman–Crippen LogP) is 2.20. The highest BCUT2D eigenvalue weighted by atomic mass is 16.6. The molecule has 0 heterocycles. The van der Waals surface area contributed by atoms with Crippen LogP contribution in [0.3, 0.4) is 0 Å². The highest BCUT2D eigenvalue weighted by Gasteiger charge is 2.25. The highest BCUT2D eigenvalue weighted by molar-refractivity contribution is 5.97. The molecule has 0 unspecified atom stereocenters. The van der Waals surface area contributed by atoms with Crippen molar-refractivity contribution < 1.29 is 24.4 Å². The number of ether oxygens (including phenoxy) is 1. The molecule has 0 radical (unpaired) electrons. The molecule has 2 rings (SSSR count). The van der Waals surface area contributed by atoms with Crippen molar-refractivity contribution in [3.63, 3.8) is 0 Å². The maximum atomic E-state index is 12.1. The molecule has 130 valence electrons. The Morgan fingerprint density at radius 2 is 1.72 bits per heavy atom. The van der Waals surface area contributed by atoms with Crippen molar-refractivity contribution >= 4 is 23.3 Å². The summed E-state index contributed by atoms with van der Waals surface area (Å²) in [5.41, 5.74) is 0.0431. The summed E-state index contributed by atoms with van der Waals surface area (Å²) in [4.78, 5) is 34.3. The van der Waals surface area contributed by atoms with Crippen LogP contribution in [0, 0.1) is 10.1 Å². The minimum Gasteiger partial charge on any atom is -0.450 e. The summed E-state index contributed by atoms with van der Waals surface area (Å²) in [6, 6.07) is 13.7. The van der Waals surface area contributed by atoms with Gasteiger partial charge < -0.3 is 15.2 Å². The fourth-order valence-electron chi connectivity index (χ4n) is 2.04. The van der Waals surface area contributed by atoms with Crippen LogP contribution in [0.4, 0.5) is 11.4 Å². The number of aliphatic hydroxyl groups excluding tert-OH is 1. The lowest BCUT2D eigenvalue weighted by atomic mass is 10.1. The lowest BCUT2D eigenvalue weighted by molar-refractivity contribution is -0.383. The summed E-state index contributed by atoms with van der Waals surface area (Å²) in [5, 5.41) is 23.2. The summed E-state index contributed by atoms with van der Waals surface area (Å²) in [5.74, 6) is -1.74. The predicted molar refractivity (Wildman–Crippen MR) is 88.7 cm³/mol. The molecule has 0 spiro atoms. The lowest BCUT2D eigenvalue weighted by Crippen LogP contribution is -2.32. The maximum absolute atomic E-state index is 12.1. The van der Waals surface area contributed by atoms with E-state index in [1.807, 2.05) is 0 Å². The second-order valence-corrected chi connectivity index (χ2v) is 5.16. The van der Waals surface area contributed by atoms with Crippen LogP contribution >= 0.6 is 0 Å². The number of carbonyl (C=O) groups excluding carboxylic acids is 2. The topological polar surface area (TPSA) is 119 Å². The number of esters is 1. The van der Waals surface area contributed by atoms with Crippen molar-refractivity contribution in [3.8, 4) is 0 Å². The summed E-state index contributed by atoms with van der Waals surface area (Å²) in [6.45, 7) is 1.31. The molecule has 0 saturated carbocycles. The van der Waals surface area contributed by atoms with E-state index >= 15 is 0 Å². The summed E-state index contributed by atoms with van der Waals surface area (Å²) in [6.07, 6.45) is -2.77. The molecule has 2 aromatic carbocycles. The molecule has 8 nitrogen and oxygen atoms in total. The number of aliphatic hydroxyl groups is 1. The van der Waals surface area contributed by atoms with Crippen molar-refractivity contribution in [2.45, 2.75) is 19.1 Å². The standard InChI is InChI=1S/C17H16N2O6/c1-11(25-17(22)15(20)12-7-3-2-4-8-12)16(21)18-13-9-5-6-10-14(13)19(23)24/h2-11,15,20H,1H3,(H,18,21)/t11-,15-/m0/s1. The number of nitro groups is 1. The first-order valence-corrected chi connectivity index (χ1v) is 7.38. The van der Waals surface area contributed by atoms with E-state index in [1.165, 1.54) is 31.2 Å². The Morgan fingerprint density at radius 1 is 1.12 bits per heavy atom. The van der Waals surface area contributed by atoms with Gasteiger partial charge in [0.1, 0.15) is 5.69 Å². The van der Waals surface area contributed by atoms with Gasteiger partial charge in [-0.2, -0.15) is 0 Å². The number of hydrogen-bond donors (Lipinski definition) is 2. The van der Waals surface area contributed by atoms with Gasteiger partial charge in [0.2, 0.25) is 0 Å². The Morgan fingerprint density at radius 3 is 2.36 bits per heavy atom. The molecule has 2 atom stereocenters. The molecule has 1 amide bonds. The van der Waals surface area contributed by atoms with Crippen molar-refractivity contribution in [1.29, 1.82) is 0 Å². The molecule has 2 N–H and O–H groups in total. The Balaban J connectivity index is 2.01. The van der Waals surface area contributed by atoms with Gasteiger partial charge in [0.05, 0.1) is 4.92 Å². The normalized spacial score (nSPS) is 12.7. The second kappa shape index (κ2) is 8.02. The average molecular weight is 344 g/mol. The van der Waals surface area contributed by atoms with Gasteiger partial charge >= 0.3 is 5.97 Å². The Kier molecular flexibility index (Phi) is 5.80. The fraction of sp³-hybridized carbons (Fsp3) is 0.176. The molecule has 0 bridgehead atoms. The molecular formula is C17H16N2O6. The van der Waals surface area contributed by atoms with Crippen LogP contribution in [0.15, 0.2) is 54.6 Å². The number of nitrogens with one attached hydrogen (secondary N) is 1. The maximum Gasteiger partial charge on any atom is 0.340 e. The van der Waals surface area contributed by atoms with Crippen molar-refractivity contribution in [3.05, 3.63) is 70.3 Å². The molecule has 0 aliphatic rings. The number of rotatable bonds is 6. The van der Waals surface area contributed by atoms with Crippen LogP contribution in [0.25, 0.3) is 0 Å². The Labute approximate surface area is 143 Å². The van der Waals surface area contributed by atoms with Gasteiger partial charge in [0.15, 0.2) is 12.2 Å². The fourth-order valence-corrected chi connectivity index (χ4v) is 2.04. The molecule has 8 heteroatoms. The van der Waals surface area contributed by atoms with Crippen molar-refractivity contribution in [2.24, 2.45) is 0 Å². The summed E-state index contributed by atoms with van der Waals surface area (Å²) in [7, 11) is 0. The van der Waals surface area contributed by atoms with Crippen LogP contribution < -0.4 is 5.32 Å². The van der Waals surface area contributed by atoms with E-state index in [0.717, 1.165) is 0 Å². The van der Waals surface area contributed by atoms with E-state index in [4.69, 9.17) is 4.74 Å². The first-order valence-electron chi connectivity index (χ1n) is 7.38. The van der Waals surface area contributed by atoms with Crippen molar-refractivity contribution in [2.75, 3.05) is 5.32 Å². The van der Waals surface area contributed by atoms with E-state index in [0.29, 0.717) is 5.56 Å². The van der Waals surface area contributed by atoms with Crippen LogP contribution in [0.1, 0.15) is 18.6 Å².